The number of nitrogens with one attached hydrogen (secondary N) is 2. The number of piperidine rings is 1. The Morgan fingerprint density at radius 3 is 2.77 bits per heavy atom. The van der Waals surface area contributed by atoms with Gasteiger partial charge < -0.3 is 15.3 Å². The van der Waals surface area contributed by atoms with Crippen molar-refractivity contribution in [2.45, 2.75) is 44.6 Å². The van der Waals surface area contributed by atoms with Crippen LogP contribution in [0.15, 0.2) is 29.1 Å². The highest BCUT2D eigenvalue weighted by Crippen LogP contribution is 2.34. The number of para-hydroxylation sites is 1. The second-order valence-corrected chi connectivity index (χ2v) is 9.38. The minimum Gasteiger partial charge on any atom is -0.396 e. The fraction of sp³-hybridized carbons (Fsp3) is 0.500. The number of benzene rings is 1. The number of thiazole rings is 1. The number of rotatable bonds is 5. The van der Waals surface area contributed by atoms with Gasteiger partial charge in [-0.05, 0) is 56.6 Å². The first kappa shape index (κ1) is 19.5. The predicted molar refractivity (Wildman–Crippen MR) is 121 cm³/mol. The lowest BCUT2D eigenvalue weighted by Crippen LogP contribution is -2.33. The summed E-state index contributed by atoms with van der Waals surface area (Å²) < 4.78 is 1.05. The molecule has 5 rings (SSSR count). The van der Waals surface area contributed by atoms with Crippen molar-refractivity contribution in [2.75, 3.05) is 29.9 Å². The highest BCUT2D eigenvalue weighted by atomic mass is 32.1. The lowest BCUT2D eigenvalue weighted by atomic mass is 10.1. The first-order chi connectivity index (χ1) is 14.7. The molecule has 2 aromatic heterocycles. The first-order valence-corrected chi connectivity index (χ1v) is 11.7. The van der Waals surface area contributed by atoms with Crippen LogP contribution in [0.2, 0.25) is 0 Å². The summed E-state index contributed by atoms with van der Waals surface area (Å²) in [5.41, 5.74) is 1.26. The standard InChI is InChI=1S/C22H27N5O2S/c28-13-14-8-9-15(12-14)23-19-18(21-24-16-6-2-3-7-17(16)30-21)20(29)26-22(25-19)27-10-4-1-5-11-27/h2-3,6-7,14-15,28H,1,4-5,8-13H2,(H2,23,25,26,29). The van der Waals surface area contributed by atoms with Crippen LogP contribution in [0.1, 0.15) is 38.5 Å². The van der Waals surface area contributed by atoms with Crippen LogP contribution in [0.4, 0.5) is 11.8 Å². The molecule has 0 radical (unpaired) electrons. The number of nitrogens with zero attached hydrogens (tertiary/aromatic N) is 3. The van der Waals surface area contributed by atoms with E-state index in [1.807, 2.05) is 24.3 Å². The molecule has 2 fully saturated rings. The van der Waals surface area contributed by atoms with Crippen molar-refractivity contribution in [1.82, 2.24) is 15.0 Å². The third-order valence-electron chi connectivity index (χ3n) is 6.21. The van der Waals surface area contributed by atoms with Crippen LogP contribution >= 0.6 is 11.3 Å². The number of hydrogen-bond donors (Lipinski definition) is 3. The van der Waals surface area contributed by atoms with Crippen molar-refractivity contribution < 1.29 is 5.11 Å². The molecule has 158 valence electrons. The van der Waals surface area contributed by atoms with E-state index in [0.29, 0.717) is 28.3 Å². The molecule has 2 aliphatic rings. The predicted octanol–water partition coefficient (Wildman–Crippen LogP) is 3.61. The molecule has 0 bridgehead atoms. The van der Waals surface area contributed by atoms with E-state index in [2.05, 4.69) is 15.2 Å². The maximum Gasteiger partial charge on any atom is 0.264 e. The van der Waals surface area contributed by atoms with Crippen LogP contribution in [0.25, 0.3) is 20.8 Å². The van der Waals surface area contributed by atoms with Crippen LogP contribution in [-0.4, -0.2) is 45.8 Å². The fourth-order valence-corrected chi connectivity index (χ4v) is 5.57. The average Bonchev–Trinajstić information content (AvgIpc) is 3.40. The quantitative estimate of drug-likeness (QED) is 0.578. The lowest BCUT2D eigenvalue weighted by Gasteiger charge is -2.28. The molecule has 7 nitrogen and oxygen atoms in total. The summed E-state index contributed by atoms with van der Waals surface area (Å²) in [6, 6.07) is 8.14. The zero-order valence-corrected chi connectivity index (χ0v) is 17.7. The summed E-state index contributed by atoms with van der Waals surface area (Å²) in [5.74, 6) is 1.57. The molecule has 1 aromatic carbocycles. The van der Waals surface area contributed by atoms with E-state index >= 15 is 0 Å². The molecule has 1 aliphatic heterocycles. The number of hydrogen-bond acceptors (Lipinski definition) is 7. The van der Waals surface area contributed by atoms with E-state index < -0.39 is 0 Å². The van der Waals surface area contributed by atoms with Crippen molar-refractivity contribution in [3.63, 3.8) is 0 Å². The molecule has 2 unspecified atom stereocenters. The van der Waals surface area contributed by atoms with Gasteiger partial charge in [0.05, 0.1) is 10.2 Å². The molecule has 8 heteroatoms. The molecule has 1 aliphatic carbocycles. The Balaban J connectivity index is 1.56. The van der Waals surface area contributed by atoms with Crippen molar-refractivity contribution in [3.05, 3.63) is 34.6 Å². The number of aliphatic hydroxyl groups excluding tert-OH is 1. The van der Waals surface area contributed by atoms with Crippen molar-refractivity contribution in [3.8, 4) is 10.6 Å². The summed E-state index contributed by atoms with van der Waals surface area (Å²) in [6.45, 7) is 2.04. The topological polar surface area (TPSA) is 94.1 Å². The summed E-state index contributed by atoms with van der Waals surface area (Å²) >= 11 is 1.52. The van der Waals surface area contributed by atoms with Crippen LogP contribution in [-0.2, 0) is 0 Å². The molecule has 1 saturated heterocycles. The van der Waals surface area contributed by atoms with Gasteiger partial charge in [0.1, 0.15) is 16.4 Å². The Hall–Kier alpha value is -2.45. The van der Waals surface area contributed by atoms with Crippen LogP contribution in [0.5, 0.6) is 0 Å². The molecule has 3 aromatic rings. The lowest BCUT2D eigenvalue weighted by molar-refractivity contribution is 0.229. The molecule has 2 atom stereocenters. The van der Waals surface area contributed by atoms with Gasteiger partial charge in [0, 0.05) is 25.7 Å². The smallest absolute Gasteiger partial charge is 0.264 e. The summed E-state index contributed by atoms with van der Waals surface area (Å²) in [6.07, 6.45) is 6.31. The van der Waals surface area contributed by atoms with Gasteiger partial charge in [-0.2, -0.15) is 4.98 Å². The second kappa shape index (κ2) is 8.35. The molecular formula is C22H27N5O2S. The largest absolute Gasteiger partial charge is 0.396 e. The Morgan fingerprint density at radius 1 is 1.17 bits per heavy atom. The van der Waals surface area contributed by atoms with E-state index in [0.717, 1.165) is 55.4 Å². The van der Waals surface area contributed by atoms with Gasteiger partial charge in [0.2, 0.25) is 5.95 Å². The minimum atomic E-state index is -0.149. The molecule has 3 N–H and O–H groups in total. The maximum absolute atomic E-state index is 13.2. The molecule has 0 amide bonds. The Kier molecular flexibility index (Phi) is 5.43. The number of anilines is 2. The zero-order chi connectivity index (χ0) is 20.5. The zero-order valence-electron chi connectivity index (χ0n) is 16.9. The number of aromatic nitrogens is 3. The Morgan fingerprint density at radius 2 is 2.00 bits per heavy atom. The summed E-state index contributed by atoms with van der Waals surface area (Å²) in [7, 11) is 0. The van der Waals surface area contributed by atoms with E-state index in [9.17, 15) is 9.90 Å². The van der Waals surface area contributed by atoms with Crippen molar-refractivity contribution in [1.29, 1.82) is 0 Å². The number of aromatic amines is 1. The molecular weight excluding hydrogens is 398 g/mol. The minimum absolute atomic E-state index is 0.149. The van der Waals surface area contributed by atoms with Gasteiger partial charge in [-0.1, -0.05) is 12.1 Å². The van der Waals surface area contributed by atoms with Gasteiger partial charge in [0.15, 0.2) is 0 Å². The molecule has 1 saturated carbocycles. The van der Waals surface area contributed by atoms with Crippen LogP contribution < -0.4 is 15.8 Å². The van der Waals surface area contributed by atoms with Crippen LogP contribution in [0, 0.1) is 5.92 Å². The van der Waals surface area contributed by atoms with E-state index in [4.69, 9.17) is 9.97 Å². The first-order valence-electron chi connectivity index (χ1n) is 10.8. The van der Waals surface area contributed by atoms with Crippen LogP contribution in [0.3, 0.4) is 0 Å². The van der Waals surface area contributed by atoms with Gasteiger partial charge >= 0.3 is 0 Å². The number of H-pyrrole nitrogens is 1. The Bertz CT molecular complexity index is 1060. The fourth-order valence-electron chi connectivity index (χ4n) is 4.56. The third-order valence-corrected chi connectivity index (χ3v) is 7.26. The second-order valence-electron chi connectivity index (χ2n) is 8.35. The van der Waals surface area contributed by atoms with Gasteiger partial charge in [-0.25, -0.2) is 4.98 Å². The van der Waals surface area contributed by atoms with Crippen molar-refractivity contribution >= 4 is 33.3 Å². The summed E-state index contributed by atoms with van der Waals surface area (Å²) in [5, 5.41) is 13.7. The van der Waals surface area contributed by atoms with E-state index in [-0.39, 0.29) is 18.2 Å². The number of fused-ring (bicyclic) bond motifs is 1. The number of aliphatic hydroxyl groups is 1. The summed E-state index contributed by atoms with van der Waals surface area (Å²) in [4.78, 5) is 28.0. The van der Waals surface area contributed by atoms with Gasteiger partial charge in [-0.3, -0.25) is 9.78 Å². The SMILES string of the molecule is O=c1[nH]c(N2CCCCC2)nc(NC2CCC(CO)C2)c1-c1nc2ccccc2s1. The monoisotopic (exact) mass is 425 g/mol. The normalized spacial score (nSPS) is 22.0. The average molecular weight is 426 g/mol. The van der Waals surface area contributed by atoms with E-state index in [1.165, 1.54) is 17.8 Å². The highest BCUT2D eigenvalue weighted by Gasteiger charge is 2.27. The molecule has 30 heavy (non-hydrogen) atoms. The maximum atomic E-state index is 13.2. The van der Waals surface area contributed by atoms with Crippen molar-refractivity contribution in [2.24, 2.45) is 5.92 Å². The highest BCUT2D eigenvalue weighted by molar-refractivity contribution is 7.21. The van der Waals surface area contributed by atoms with E-state index in [1.54, 1.807) is 0 Å². The molecule has 3 heterocycles. The Labute approximate surface area is 179 Å². The van der Waals surface area contributed by atoms with Gasteiger partial charge in [0.25, 0.3) is 5.56 Å². The third kappa shape index (κ3) is 3.81. The molecule has 0 spiro atoms. The van der Waals surface area contributed by atoms with Gasteiger partial charge in [-0.15, -0.1) is 11.3 Å².